The summed E-state index contributed by atoms with van der Waals surface area (Å²) >= 11 is 0. The van der Waals surface area contributed by atoms with Crippen LogP contribution < -0.4 is 0 Å². The topological polar surface area (TPSA) is 37.3 Å². The van der Waals surface area contributed by atoms with E-state index in [1.54, 1.807) is 0 Å². The average molecular weight is 260 g/mol. The Morgan fingerprint density at radius 3 is 1.44 bits per heavy atom. The molecule has 112 valence electrons. The van der Waals surface area contributed by atoms with E-state index in [1.165, 1.54) is 51.4 Å². The molecule has 0 aliphatic rings. The van der Waals surface area contributed by atoms with Crippen LogP contribution in [0.2, 0.25) is 0 Å². The Balaban J connectivity index is -0.000000507. The summed E-state index contributed by atoms with van der Waals surface area (Å²) in [7, 11) is 0. The van der Waals surface area contributed by atoms with Crippen molar-refractivity contribution >= 4 is 5.97 Å². The van der Waals surface area contributed by atoms with Gasteiger partial charge in [-0.3, -0.25) is 4.79 Å². The van der Waals surface area contributed by atoms with Gasteiger partial charge < -0.3 is 5.11 Å². The third kappa shape index (κ3) is 29.5. The normalized spacial score (nSPS) is 9.06. The Morgan fingerprint density at radius 2 is 1.11 bits per heavy atom. The van der Waals surface area contributed by atoms with Crippen LogP contribution in [0.25, 0.3) is 0 Å². The standard InChI is InChI=1S/C12H24O2.C3H8.CH4/c1-2-3-4-5-6-7-8-9-10-11-12(13)14;1-3-2;/h2-11H2,1H3,(H,13,14);3H2,1-2H3;1H4. The molecule has 0 heterocycles. The van der Waals surface area contributed by atoms with Crippen molar-refractivity contribution in [3.8, 4) is 0 Å². The highest BCUT2D eigenvalue weighted by atomic mass is 16.4. The summed E-state index contributed by atoms with van der Waals surface area (Å²) in [6.45, 7) is 6.48. The maximum Gasteiger partial charge on any atom is 0.303 e. The first-order valence-corrected chi connectivity index (χ1v) is 7.40. The van der Waals surface area contributed by atoms with Gasteiger partial charge in [0.25, 0.3) is 0 Å². The van der Waals surface area contributed by atoms with Crippen LogP contribution in [0, 0.1) is 0 Å². The lowest BCUT2D eigenvalue weighted by Gasteiger charge is -2.00. The fourth-order valence-corrected chi connectivity index (χ4v) is 1.59. The van der Waals surface area contributed by atoms with Crippen LogP contribution in [0.1, 0.15) is 98.8 Å². The molecule has 0 aliphatic carbocycles. The van der Waals surface area contributed by atoms with Crippen LogP contribution in [0.15, 0.2) is 0 Å². The quantitative estimate of drug-likeness (QED) is 0.486. The van der Waals surface area contributed by atoms with E-state index in [0.29, 0.717) is 6.42 Å². The molecular formula is C16H36O2. The first kappa shape index (κ1) is 22.6. The molecule has 0 aromatic heterocycles. The van der Waals surface area contributed by atoms with Gasteiger partial charge in [0.2, 0.25) is 0 Å². The highest BCUT2D eigenvalue weighted by molar-refractivity contribution is 5.66. The number of carbonyl (C=O) groups is 1. The van der Waals surface area contributed by atoms with Crippen LogP contribution in [-0.2, 0) is 4.79 Å². The van der Waals surface area contributed by atoms with Gasteiger partial charge in [0.15, 0.2) is 0 Å². The molecule has 0 saturated carbocycles. The van der Waals surface area contributed by atoms with Gasteiger partial charge in [-0.25, -0.2) is 0 Å². The van der Waals surface area contributed by atoms with Crippen LogP contribution >= 0.6 is 0 Å². The summed E-state index contributed by atoms with van der Waals surface area (Å²) in [5.74, 6) is -0.659. The smallest absolute Gasteiger partial charge is 0.303 e. The number of unbranched alkanes of at least 4 members (excludes halogenated alkanes) is 8. The van der Waals surface area contributed by atoms with Gasteiger partial charge in [-0.05, 0) is 6.42 Å². The predicted octanol–water partition coefficient (Wildman–Crippen LogP) is 6.04. The van der Waals surface area contributed by atoms with E-state index in [9.17, 15) is 4.79 Å². The zero-order chi connectivity index (χ0) is 13.4. The lowest BCUT2D eigenvalue weighted by Crippen LogP contribution is -1.93. The van der Waals surface area contributed by atoms with Crippen molar-refractivity contribution in [3.63, 3.8) is 0 Å². The largest absolute Gasteiger partial charge is 0.481 e. The van der Waals surface area contributed by atoms with E-state index in [4.69, 9.17) is 5.11 Å². The molecule has 0 rings (SSSR count). The van der Waals surface area contributed by atoms with Crippen molar-refractivity contribution in [3.05, 3.63) is 0 Å². The second-order valence-electron chi connectivity index (χ2n) is 4.68. The SMILES string of the molecule is C.CCC.CCCCCCCCCCCC(=O)O. The van der Waals surface area contributed by atoms with Gasteiger partial charge in [0.1, 0.15) is 0 Å². The fourth-order valence-electron chi connectivity index (χ4n) is 1.59. The van der Waals surface area contributed by atoms with Gasteiger partial charge in [0, 0.05) is 6.42 Å². The molecule has 0 aliphatic heterocycles. The van der Waals surface area contributed by atoms with Crippen LogP contribution in [0.5, 0.6) is 0 Å². The summed E-state index contributed by atoms with van der Waals surface area (Å²) in [5.41, 5.74) is 0. The highest BCUT2D eigenvalue weighted by Crippen LogP contribution is 2.10. The first-order chi connectivity index (χ1) is 8.18. The Kier molecular flexibility index (Phi) is 27.3. The molecule has 1 N–H and O–H groups in total. The zero-order valence-electron chi connectivity index (χ0n) is 12.1. The Labute approximate surface area is 115 Å². The highest BCUT2D eigenvalue weighted by Gasteiger charge is 1.96. The molecule has 0 spiro atoms. The first-order valence-electron chi connectivity index (χ1n) is 7.40. The van der Waals surface area contributed by atoms with Crippen LogP contribution in [0.4, 0.5) is 0 Å². The number of aliphatic carboxylic acids is 1. The average Bonchev–Trinajstić information content (AvgIpc) is 2.27. The number of hydrogen-bond donors (Lipinski definition) is 1. The zero-order valence-corrected chi connectivity index (χ0v) is 12.1. The lowest BCUT2D eigenvalue weighted by atomic mass is 10.1. The van der Waals surface area contributed by atoms with Crippen molar-refractivity contribution in [1.29, 1.82) is 0 Å². The summed E-state index contributed by atoms with van der Waals surface area (Å²) in [4.78, 5) is 10.2. The minimum Gasteiger partial charge on any atom is -0.481 e. The third-order valence-corrected chi connectivity index (χ3v) is 2.49. The summed E-state index contributed by atoms with van der Waals surface area (Å²) in [6, 6.07) is 0. The summed E-state index contributed by atoms with van der Waals surface area (Å²) in [6.07, 6.45) is 12.7. The van der Waals surface area contributed by atoms with E-state index in [2.05, 4.69) is 20.8 Å². The van der Waals surface area contributed by atoms with E-state index in [-0.39, 0.29) is 7.43 Å². The molecule has 0 unspecified atom stereocenters. The van der Waals surface area contributed by atoms with Crippen molar-refractivity contribution in [2.75, 3.05) is 0 Å². The monoisotopic (exact) mass is 260 g/mol. The van der Waals surface area contributed by atoms with Gasteiger partial charge in [-0.2, -0.15) is 0 Å². The van der Waals surface area contributed by atoms with Crippen LogP contribution in [0.3, 0.4) is 0 Å². The van der Waals surface area contributed by atoms with E-state index < -0.39 is 5.97 Å². The second kappa shape index (κ2) is 21.7. The Bertz CT molecular complexity index is 144. The molecule has 0 aromatic rings. The molecule has 0 atom stereocenters. The van der Waals surface area contributed by atoms with E-state index in [0.717, 1.165) is 12.8 Å². The molecule has 0 radical (unpaired) electrons. The molecule has 0 amide bonds. The van der Waals surface area contributed by atoms with Crippen molar-refractivity contribution in [1.82, 2.24) is 0 Å². The van der Waals surface area contributed by atoms with E-state index in [1.807, 2.05) is 0 Å². The molecule has 18 heavy (non-hydrogen) atoms. The maximum absolute atomic E-state index is 10.2. The number of hydrogen-bond acceptors (Lipinski definition) is 1. The van der Waals surface area contributed by atoms with Crippen molar-refractivity contribution in [2.45, 2.75) is 98.8 Å². The summed E-state index contributed by atoms with van der Waals surface area (Å²) < 4.78 is 0. The van der Waals surface area contributed by atoms with Gasteiger partial charge in [-0.15, -0.1) is 0 Å². The molecule has 0 fully saturated rings. The Hall–Kier alpha value is -0.530. The molecule has 2 heteroatoms. The van der Waals surface area contributed by atoms with Gasteiger partial charge >= 0.3 is 5.97 Å². The lowest BCUT2D eigenvalue weighted by molar-refractivity contribution is -0.137. The predicted molar refractivity (Wildman–Crippen MR) is 82.2 cm³/mol. The van der Waals surface area contributed by atoms with E-state index >= 15 is 0 Å². The molecule has 0 bridgehead atoms. The van der Waals surface area contributed by atoms with Gasteiger partial charge in [-0.1, -0.05) is 86.0 Å². The minimum absolute atomic E-state index is 0. The third-order valence-electron chi connectivity index (χ3n) is 2.49. The Morgan fingerprint density at radius 1 is 0.778 bits per heavy atom. The maximum atomic E-state index is 10.2. The number of carboxylic acids is 1. The molecule has 0 aromatic carbocycles. The summed E-state index contributed by atoms with van der Waals surface area (Å²) in [5, 5.41) is 8.41. The number of carboxylic acid groups (broad SMARTS) is 1. The second-order valence-corrected chi connectivity index (χ2v) is 4.68. The molecular weight excluding hydrogens is 224 g/mol. The molecule has 2 nitrogen and oxygen atoms in total. The van der Waals surface area contributed by atoms with Crippen LogP contribution in [-0.4, -0.2) is 11.1 Å². The van der Waals surface area contributed by atoms with Crippen molar-refractivity contribution in [2.24, 2.45) is 0 Å². The minimum atomic E-state index is -0.659. The fraction of sp³-hybridized carbons (Fsp3) is 0.938. The number of rotatable bonds is 10. The molecule has 0 saturated heterocycles. The van der Waals surface area contributed by atoms with Crippen molar-refractivity contribution < 1.29 is 9.90 Å². The van der Waals surface area contributed by atoms with Gasteiger partial charge in [0.05, 0.1) is 0 Å².